The zero-order valence-electron chi connectivity index (χ0n) is 14.5. The third kappa shape index (κ3) is 4.21. The lowest BCUT2D eigenvalue weighted by atomic mass is 10.0. The van der Waals surface area contributed by atoms with E-state index in [1.165, 1.54) is 0 Å². The second-order valence-corrected chi connectivity index (χ2v) is 6.03. The van der Waals surface area contributed by atoms with E-state index in [0.717, 1.165) is 11.1 Å². The van der Waals surface area contributed by atoms with Gasteiger partial charge in [0.1, 0.15) is 18.0 Å². The summed E-state index contributed by atoms with van der Waals surface area (Å²) in [5.74, 6) is -0.836. The molecule has 2 heterocycles. The van der Waals surface area contributed by atoms with Crippen LogP contribution in [-0.2, 0) is 22.5 Å². The molecule has 27 heavy (non-hydrogen) atoms. The van der Waals surface area contributed by atoms with Gasteiger partial charge < -0.3 is 15.3 Å². The number of amides is 1. The van der Waals surface area contributed by atoms with Gasteiger partial charge in [-0.3, -0.25) is 14.5 Å². The second-order valence-electron chi connectivity index (χ2n) is 6.03. The summed E-state index contributed by atoms with van der Waals surface area (Å²) in [6, 6.07) is 6.89. The highest BCUT2D eigenvalue weighted by Crippen LogP contribution is 2.15. The number of aryl methyl sites for hydroxylation is 3. The van der Waals surface area contributed by atoms with E-state index in [2.05, 4.69) is 25.2 Å². The number of aromatic nitrogens is 3. The van der Waals surface area contributed by atoms with Gasteiger partial charge in [-0.05, 0) is 43.0 Å². The number of fused-ring (bicyclic) bond motifs is 1. The molecule has 9 heteroatoms. The molecule has 0 fully saturated rings. The highest BCUT2D eigenvalue weighted by Gasteiger charge is 2.11. The molecule has 1 amide bonds. The van der Waals surface area contributed by atoms with Crippen molar-refractivity contribution < 1.29 is 19.7 Å². The summed E-state index contributed by atoms with van der Waals surface area (Å²) in [5, 5.41) is 11.1. The molecule has 0 aliphatic rings. The Morgan fingerprint density at radius 2 is 1.96 bits per heavy atom. The van der Waals surface area contributed by atoms with Crippen molar-refractivity contribution in [1.29, 1.82) is 0 Å². The standard InChI is InChI=1S/C18H18N4O5/c1-10-21-16-15(18(25)22-10)13(8-19-16)7-4-11-2-5-12(6-3-11)17(24)20-9-14(23)27-26/h2-3,5-6,8,26H,4,7,9H2,1H3,(H,20,24)(H2,19,21,22,25). The zero-order chi connectivity index (χ0) is 19.4. The van der Waals surface area contributed by atoms with Crippen LogP contribution in [0.3, 0.4) is 0 Å². The molecule has 0 radical (unpaired) electrons. The van der Waals surface area contributed by atoms with Crippen LogP contribution in [0.4, 0.5) is 0 Å². The maximum absolute atomic E-state index is 12.1. The van der Waals surface area contributed by atoms with Crippen LogP contribution in [0.25, 0.3) is 11.0 Å². The van der Waals surface area contributed by atoms with Crippen molar-refractivity contribution in [3.8, 4) is 0 Å². The number of carbonyl (C=O) groups is 2. The van der Waals surface area contributed by atoms with Crippen LogP contribution >= 0.6 is 0 Å². The second kappa shape index (κ2) is 7.83. The minimum Gasteiger partial charge on any atom is -0.346 e. The van der Waals surface area contributed by atoms with E-state index < -0.39 is 18.4 Å². The Balaban J connectivity index is 1.65. The van der Waals surface area contributed by atoms with Crippen molar-refractivity contribution in [3.63, 3.8) is 0 Å². The smallest absolute Gasteiger partial charge is 0.346 e. The fraction of sp³-hybridized carbons (Fsp3) is 0.222. The summed E-state index contributed by atoms with van der Waals surface area (Å²) in [4.78, 5) is 48.3. The van der Waals surface area contributed by atoms with Gasteiger partial charge in [-0.2, -0.15) is 5.26 Å². The first kappa shape index (κ1) is 18.3. The first-order valence-electron chi connectivity index (χ1n) is 8.26. The number of hydrogen-bond donors (Lipinski definition) is 4. The molecule has 0 aliphatic carbocycles. The highest BCUT2D eigenvalue weighted by atomic mass is 17.1. The van der Waals surface area contributed by atoms with Crippen LogP contribution in [-0.4, -0.2) is 38.6 Å². The van der Waals surface area contributed by atoms with Crippen LogP contribution in [0, 0.1) is 6.92 Å². The van der Waals surface area contributed by atoms with Crippen molar-refractivity contribution in [1.82, 2.24) is 20.3 Å². The van der Waals surface area contributed by atoms with Gasteiger partial charge in [-0.1, -0.05) is 12.1 Å². The number of rotatable bonds is 6. The fourth-order valence-corrected chi connectivity index (χ4v) is 2.80. The van der Waals surface area contributed by atoms with Crippen LogP contribution < -0.4 is 10.9 Å². The van der Waals surface area contributed by atoms with Gasteiger partial charge in [0.15, 0.2) is 0 Å². The van der Waals surface area contributed by atoms with Crippen LogP contribution in [0.5, 0.6) is 0 Å². The van der Waals surface area contributed by atoms with E-state index in [9.17, 15) is 14.4 Å². The molecule has 0 spiro atoms. The molecule has 9 nitrogen and oxygen atoms in total. The predicted octanol–water partition coefficient (Wildman–Crippen LogP) is 1.09. The Morgan fingerprint density at radius 3 is 2.67 bits per heavy atom. The Bertz CT molecular complexity index is 1040. The van der Waals surface area contributed by atoms with Gasteiger partial charge in [0, 0.05) is 11.8 Å². The van der Waals surface area contributed by atoms with E-state index in [-0.39, 0.29) is 5.56 Å². The number of aromatic amines is 2. The monoisotopic (exact) mass is 370 g/mol. The van der Waals surface area contributed by atoms with Crippen molar-refractivity contribution >= 4 is 22.9 Å². The largest absolute Gasteiger partial charge is 0.360 e. The molecule has 0 saturated heterocycles. The first-order valence-corrected chi connectivity index (χ1v) is 8.26. The zero-order valence-corrected chi connectivity index (χ0v) is 14.5. The molecule has 3 rings (SSSR count). The average Bonchev–Trinajstić information content (AvgIpc) is 3.07. The molecule has 2 aromatic heterocycles. The number of nitrogens with one attached hydrogen (secondary N) is 3. The molecule has 0 saturated carbocycles. The fourth-order valence-electron chi connectivity index (χ4n) is 2.80. The molecule has 4 N–H and O–H groups in total. The molecule has 3 aromatic rings. The summed E-state index contributed by atoms with van der Waals surface area (Å²) in [6.45, 7) is 1.31. The van der Waals surface area contributed by atoms with Gasteiger partial charge >= 0.3 is 5.97 Å². The Labute approximate surface area is 153 Å². The van der Waals surface area contributed by atoms with Crippen molar-refractivity contribution in [2.24, 2.45) is 0 Å². The molecular weight excluding hydrogens is 352 g/mol. The van der Waals surface area contributed by atoms with Crippen molar-refractivity contribution in [2.45, 2.75) is 19.8 Å². The Morgan fingerprint density at radius 1 is 1.22 bits per heavy atom. The Hall–Kier alpha value is -3.46. The number of carbonyl (C=O) groups excluding carboxylic acids is 2. The summed E-state index contributed by atoms with van der Waals surface area (Å²) in [6.07, 6.45) is 3.11. The molecule has 0 unspecified atom stereocenters. The van der Waals surface area contributed by atoms with Gasteiger partial charge in [0.2, 0.25) is 0 Å². The van der Waals surface area contributed by atoms with Crippen LogP contribution in [0.15, 0.2) is 35.3 Å². The molecular formula is C18H18N4O5. The van der Waals surface area contributed by atoms with Crippen LogP contribution in [0.1, 0.15) is 27.3 Å². The lowest BCUT2D eigenvalue weighted by molar-refractivity contribution is -0.232. The number of nitrogens with zero attached hydrogens (tertiary/aromatic N) is 1. The number of hydrogen-bond acceptors (Lipinski definition) is 6. The molecule has 0 bridgehead atoms. The Kier molecular flexibility index (Phi) is 5.32. The van der Waals surface area contributed by atoms with E-state index in [0.29, 0.717) is 35.3 Å². The number of H-pyrrole nitrogens is 2. The topological polar surface area (TPSA) is 137 Å². The molecule has 0 aliphatic heterocycles. The average molecular weight is 370 g/mol. The third-order valence-electron chi connectivity index (χ3n) is 4.14. The van der Waals surface area contributed by atoms with Gasteiger partial charge in [-0.25, -0.2) is 9.78 Å². The summed E-state index contributed by atoms with van der Waals surface area (Å²) < 4.78 is 0. The van der Waals surface area contributed by atoms with E-state index >= 15 is 0 Å². The highest BCUT2D eigenvalue weighted by molar-refractivity contribution is 5.95. The maximum atomic E-state index is 12.1. The SMILES string of the molecule is Cc1nc2[nH]cc(CCc3ccc(C(=O)NCC(=O)OO)cc3)c2c(=O)[nH]1. The third-order valence-corrected chi connectivity index (χ3v) is 4.14. The maximum Gasteiger partial charge on any atom is 0.360 e. The van der Waals surface area contributed by atoms with Gasteiger partial charge in [-0.15, -0.1) is 0 Å². The van der Waals surface area contributed by atoms with Gasteiger partial charge in [0.25, 0.3) is 11.5 Å². The van der Waals surface area contributed by atoms with E-state index in [4.69, 9.17) is 5.26 Å². The number of benzene rings is 1. The summed E-state index contributed by atoms with van der Waals surface area (Å²) >= 11 is 0. The van der Waals surface area contributed by atoms with Gasteiger partial charge in [0.05, 0.1) is 5.39 Å². The first-order chi connectivity index (χ1) is 13.0. The van der Waals surface area contributed by atoms with Crippen molar-refractivity contribution in [3.05, 3.63) is 63.3 Å². The van der Waals surface area contributed by atoms with Crippen molar-refractivity contribution in [2.75, 3.05) is 6.54 Å². The van der Waals surface area contributed by atoms with E-state index in [1.807, 2.05) is 0 Å². The molecule has 140 valence electrons. The minimum absolute atomic E-state index is 0.165. The normalized spacial score (nSPS) is 10.7. The summed E-state index contributed by atoms with van der Waals surface area (Å²) in [5.41, 5.74) is 2.66. The van der Waals surface area contributed by atoms with Crippen LogP contribution in [0.2, 0.25) is 0 Å². The van der Waals surface area contributed by atoms with E-state index in [1.54, 1.807) is 37.4 Å². The lowest BCUT2D eigenvalue weighted by Gasteiger charge is -2.05. The quantitative estimate of drug-likeness (QED) is 0.379. The molecule has 0 atom stereocenters. The summed E-state index contributed by atoms with van der Waals surface area (Å²) in [7, 11) is 0. The predicted molar refractivity (Wildman–Crippen MR) is 96.4 cm³/mol. The lowest BCUT2D eigenvalue weighted by Crippen LogP contribution is -2.30. The molecule has 1 aromatic carbocycles. The minimum atomic E-state index is -0.946.